The monoisotopic (exact) mass is 381 g/mol. The summed E-state index contributed by atoms with van der Waals surface area (Å²) in [7, 11) is 0. The van der Waals surface area contributed by atoms with Gasteiger partial charge in [-0.15, -0.1) is 5.10 Å². The number of para-hydroxylation sites is 1. The Morgan fingerprint density at radius 2 is 2.00 bits per heavy atom. The number of aryl methyl sites for hydroxylation is 1. The molecule has 1 aromatic heterocycles. The molecule has 1 saturated carbocycles. The van der Waals surface area contributed by atoms with E-state index in [1.165, 1.54) is 4.68 Å². The third-order valence-corrected chi connectivity index (χ3v) is 5.26. The Hall–Kier alpha value is -1.63. The minimum absolute atomic E-state index is 0.0717. The van der Waals surface area contributed by atoms with Gasteiger partial charge in [0.05, 0.1) is 10.0 Å². The number of carbonyl (C=O) groups is 1. The Morgan fingerprint density at radius 3 is 2.68 bits per heavy atom. The third-order valence-electron chi connectivity index (χ3n) is 4.65. The molecule has 0 spiro atoms. The summed E-state index contributed by atoms with van der Waals surface area (Å²) in [6.07, 6.45) is 4.23. The highest BCUT2D eigenvalue weighted by molar-refractivity contribution is 6.37. The lowest BCUT2D eigenvalue weighted by Gasteiger charge is -2.30. The molecule has 2 aromatic rings. The second-order valence-corrected chi connectivity index (χ2v) is 7.14. The average Bonchev–Trinajstić information content (AvgIpc) is 2.97. The van der Waals surface area contributed by atoms with E-state index >= 15 is 0 Å². The maximum absolute atomic E-state index is 12.6. The number of hydrogen-bond acceptors (Lipinski definition) is 4. The minimum atomic E-state index is -0.296. The topological polar surface area (TPSA) is 85.8 Å². The molecule has 1 fully saturated rings. The van der Waals surface area contributed by atoms with E-state index in [0.717, 1.165) is 25.7 Å². The first-order valence-electron chi connectivity index (χ1n) is 8.40. The molecule has 1 aliphatic rings. The predicted molar refractivity (Wildman–Crippen MR) is 98.4 cm³/mol. The number of nitrogens with zero attached hydrogens (tertiary/aromatic N) is 3. The predicted octanol–water partition coefficient (Wildman–Crippen LogP) is 3.13. The van der Waals surface area contributed by atoms with Crippen molar-refractivity contribution in [2.24, 2.45) is 11.7 Å². The van der Waals surface area contributed by atoms with E-state index in [-0.39, 0.29) is 17.8 Å². The zero-order valence-electron chi connectivity index (χ0n) is 14.0. The molecule has 134 valence electrons. The van der Waals surface area contributed by atoms with Crippen molar-refractivity contribution in [3.05, 3.63) is 39.9 Å². The Morgan fingerprint density at radius 1 is 1.32 bits per heavy atom. The number of halogens is 2. The number of aromatic nitrogens is 3. The van der Waals surface area contributed by atoms with Gasteiger partial charge in [-0.1, -0.05) is 42.1 Å². The van der Waals surface area contributed by atoms with Crippen LogP contribution >= 0.6 is 23.2 Å². The fourth-order valence-electron chi connectivity index (χ4n) is 3.30. The van der Waals surface area contributed by atoms with Crippen LogP contribution in [-0.4, -0.2) is 33.3 Å². The van der Waals surface area contributed by atoms with Crippen molar-refractivity contribution >= 4 is 29.1 Å². The number of nitrogens with two attached hydrogens (primary N) is 1. The zero-order valence-corrected chi connectivity index (χ0v) is 15.5. The van der Waals surface area contributed by atoms with Gasteiger partial charge in [-0.3, -0.25) is 4.79 Å². The molecule has 0 aliphatic heterocycles. The van der Waals surface area contributed by atoms with Crippen LogP contribution in [-0.2, 0) is 0 Å². The first-order chi connectivity index (χ1) is 12.0. The first kappa shape index (κ1) is 18.2. The molecule has 0 bridgehead atoms. The van der Waals surface area contributed by atoms with E-state index < -0.39 is 0 Å². The van der Waals surface area contributed by atoms with Gasteiger partial charge in [0.1, 0.15) is 11.5 Å². The van der Waals surface area contributed by atoms with E-state index in [2.05, 4.69) is 15.4 Å². The molecule has 1 heterocycles. The van der Waals surface area contributed by atoms with Crippen LogP contribution in [0.3, 0.4) is 0 Å². The smallest absolute Gasteiger partial charge is 0.291 e. The number of benzene rings is 1. The molecule has 1 amide bonds. The summed E-state index contributed by atoms with van der Waals surface area (Å²) < 4.78 is 1.50. The molecule has 25 heavy (non-hydrogen) atoms. The number of amides is 1. The van der Waals surface area contributed by atoms with Crippen molar-refractivity contribution in [3.63, 3.8) is 0 Å². The van der Waals surface area contributed by atoms with Crippen LogP contribution in [0.15, 0.2) is 18.2 Å². The summed E-state index contributed by atoms with van der Waals surface area (Å²) in [5.74, 6) is 0.656. The van der Waals surface area contributed by atoms with Crippen molar-refractivity contribution in [2.75, 3.05) is 6.54 Å². The SMILES string of the molecule is Cc1nc(C(=O)NC2CCCCC2CN)nn1-c1c(Cl)cccc1Cl. The lowest BCUT2D eigenvalue weighted by molar-refractivity contribution is 0.0897. The molecule has 3 rings (SSSR count). The van der Waals surface area contributed by atoms with E-state index in [0.29, 0.717) is 34.0 Å². The highest BCUT2D eigenvalue weighted by atomic mass is 35.5. The van der Waals surface area contributed by atoms with Gasteiger partial charge in [0, 0.05) is 6.04 Å². The van der Waals surface area contributed by atoms with Gasteiger partial charge in [0.2, 0.25) is 5.82 Å². The second kappa shape index (κ2) is 7.72. The van der Waals surface area contributed by atoms with Crippen LogP contribution < -0.4 is 11.1 Å². The van der Waals surface area contributed by atoms with Crippen molar-refractivity contribution in [1.29, 1.82) is 0 Å². The van der Waals surface area contributed by atoms with Crippen LogP contribution in [0, 0.1) is 12.8 Å². The number of nitrogens with one attached hydrogen (secondary N) is 1. The average molecular weight is 382 g/mol. The van der Waals surface area contributed by atoms with Gasteiger partial charge in [-0.2, -0.15) is 0 Å². The summed E-state index contributed by atoms with van der Waals surface area (Å²) in [5, 5.41) is 8.24. The summed E-state index contributed by atoms with van der Waals surface area (Å²) in [4.78, 5) is 16.9. The number of carbonyl (C=O) groups excluding carboxylic acids is 1. The lowest BCUT2D eigenvalue weighted by Crippen LogP contribution is -2.45. The molecule has 8 heteroatoms. The minimum Gasteiger partial charge on any atom is -0.346 e. The third kappa shape index (κ3) is 3.81. The van der Waals surface area contributed by atoms with Crippen molar-refractivity contribution < 1.29 is 4.79 Å². The van der Waals surface area contributed by atoms with Crippen LogP contribution in [0.25, 0.3) is 5.69 Å². The fraction of sp³-hybridized carbons (Fsp3) is 0.471. The van der Waals surface area contributed by atoms with E-state index in [1.807, 2.05) is 0 Å². The summed E-state index contributed by atoms with van der Waals surface area (Å²) in [6.45, 7) is 2.33. The summed E-state index contributed by atoms with van der Waals surface area (Å²) >= 11 is 12.5. The normalized spacial score (nSPS) is 20.5. The molecule has 0 radical (unpaired) electrons. The largest absolute Gasteiger partial charge is 0.346 e. The van der Waals surface area contributed by atoms with Gasteiger partial charge in [0.15, 0.2) is 0 Å². The van der Waals surface area contributed by atoms with Gasteiger partial charge >= 0.3 is 0 Å². The van der Waals surface area contributed by atoms with Crippen LogP contribution in [0.4, 0.5) is 0 Å². The summed E-state index contributed by atoms with van der Waals surface area (Å²) in [5.41, 5.74) is 6.35. The zero-order chi connectivity index (χ0) is 18.0. The molecule has 2 unspecified atom stereocenters. The van der Waals surface area contributed by atoms with E-state index in [9.17, 15) is 4.79 Å². The Balaban J connectivity index is 1.83. The maximum Gasteiger partial charge on any atom is 0.291 e. The summed E-state index contributed by atoms with van der Waals surface area (Å²) in [6, 6.07) is 5.27. The second-order valence-electron chi connectivity index (χ2n) is 6.32. The quantitative estimate of drug-likeness (QED) is 0.851. The Kier molecular flexibility index (Phi) is 5.61. The molecule has 1 aromatic carbocycles. The van der Waals surface area contributed by atoms with Crippen LogP contribution in [0.5, 0.6) is 0 Å². The lowest BCUT2D eigenvalue weighted by atomic mass is 9.84. The number of hydrogen-bond donors (Lipinski definition) is 2. The Labute approximate surface area is 156 Å². The van der Waals surface area contributed by atoms with Crippen molar-refractivity contribution in [1.82, 2.24) is 20.1 Å². The van der Waals surface area contributed by atoms with Crippen LogP contribution in [0.2, 0.25) is 10.0 Å². The molecule has 1 aliphatic carbocycles. The van der Waals surface area contributed by atoms with Crippen molar-refractivity contribution in [3.8, 4) is 5.69 Å². The van der Waals surface area contributed by atoms with Crippen molar-refractivity contribution in [2.45, 2.75) is 38.6 Å². The first-order valence-corrected chi connectivity index (χ1v) is 9.16. The van der Waals surface area contributed by atoms with Gasteiger partial charge in [-0.25, -0.2) is 9.67 Å². The molecule has 6 nitrogen and oxygen atoms in total. The molecular formula is C17H21Cl2N5O. The molecular weight excluding hydrogens is 361 g/mol. The molecule has 3 N–H and O–H groups in total. The standard InChI is InChI=1S/C17H21Cl2N5O/c1-10-21-16(17(25)22-14-8-3-2-5-11(14)9-20)23-24(10)15-12(18)6-4-7-13(15)19/h4,6-7,11,14H,2-3,5,8-9,20H2,1H3,(H,22,25). The number of rotatable bonds is 4. The maximum atomic E-state index is 12.6. The van der Waals surface area contributed by atoms with Gasteiger partial charge in [0.25, 0.3) is 5.91 Å². The highest BCUT2D eigenvalue weighted by Crippen LogP contribution is 2.28. The van der Waals surface area contributed by atoms with E-state index in [4.69, 9.17) is 28.9 Å². The fourth-order valence-corrected chi connectivity index (χ4v) is 3.86. The van der Waals surface area contributed by atoms with Gasteiger partial charge in [-0.05, 0) is 44.4 Å². The molecule has 0 saturated heterocycles. The van der Waals surface area contributed by atoms with Gasteiger partial charge < -0.3 is 11.1 Å². The Bertz CT molecular complexity index is 756. The van der Waals surface area contributed by atoms with E-state index in [1.54, 1.807) is 25.1 Å². The molecule has 2 atom stereocenters. The highest BCUT2D eigenvalue weighted by Gasteiger charge is 2.27. The van der Waals surface area contributed by atoms with Crippen LogP contribution in [0.1, 0.15) is 42.1 Å².